The second-order valence-corrected chi connectivity index (χ2v) is 6.84. The zero-order valence-electron chi connectivity index (χ0n) is 16.7. The first kappa shape index (κ1) is 18.9. The highest BCUT2D eigenvalue weighted by Gasteiger charge is 2.42. The van der Waals surface area contributed by atoms with Crippen molar-refractivity contribution in [2.75, 3.05) is 21.3 Å². The summed E-state index contributed by atoms with van der Waals surface area (Å²) in [6.45, 7) is 0.488. The van der Waals surface area contributed by atoms with Gasteiger partial charge < -0.3 is 19.1 Å². The fourth-order valence-electron chi connectivity index (χ4n) is 3.98. The Hall–Kier alpha value is -3.47. The molecule has 5 nitrogen and oxygen atoms in total. The van der Waals surface area contributed by atoms with Crippen LogP contribution in [0.25, 0.3) is 0 Å². The molecule has 0 radical (unpaired) electrons. The van der Waals surface area contributed by atoms with E-state index in [0.717, 1.165) is 16.7 Å². The molecule has 0 N–H and O–H groups in total. The summed E-state index contributed by atoms with van der Waals surface area (Å²) in [7, 11) is 4.71. The molecule has 3 aromatic rings. The van der Waals surface area contributed by atoms with Crippen molar-refractivity contribution in [3.63, 3.8) is 0 Å². The molecule has 4 rings (SSSR count). The maximum Gasteiger partial charge on any atom is 0.255 e. The third-order valence-electron chi connectivity index (χ3n) is 5.26. The van der Waals surface area contributed by atoms with Crippen LogP contribution in [0.3, 0.4) is 0 Å². The second kappa shape index (κ2) is 7.87. The van der Waals surface area contributed by atoms with Gasteiger partial charge in [-0.15, -0.1) is 0 Å². The predicted molar refractivity (Wildman–Crippen MR) is 111 cm³/mol. The van der Waals surface area contributed by atoms with Gasteiger partial charge in [0.15, 0.2) is 11.5 Å². The van der Waals surface area contributed by atoms with Gasteiger partial charge >= 0.3 is 0 Å². The lowest BCUT2D eigenvalue weighted by molar-refractivity contribution is 0.0735. The summed E-state index contributed by atoms with van der Waals surface area (Å²) >= 11 is 0. The molecule has 0 saturated heterocycles. The van der Waals surface area contributed by atoms with E-state index >= 15 is 0 Å². The van der Waals surface area contributed by atoms with Crippen molar-refractivity contribution in [3.05, 3.63) is 89.0 Å². The van der Waals surface area contributed by atoms with Gasteiger partial charge in [-0.2, -0.15) is 0 Å². The highest BCUT2D eigenvalue weighted by Crippen LogP contribution is 2.51. The van der Waals surface area contributed by atoms with Gasteiger partial charge in [-0.3, -0.25) is 4.79 Å². The Balaban J connectivity index is 1.92. The molecule has 1 aliphatic heterocycles. The van der Waals surface area contributed by atoms with Crippen molar-refractivity contribution in [3.8, 4) is 17.2 Å². The minimum Gasteiger partial charge on any atom is -0.493 e. The number of amides is 1. The Morgan fingerprint density at radius 2 is 1.45 bits per heavy atom. The number of ether oxygens (including phenoxy) is 3. The quantitative estimate of drug-likeness (QED) is 0.625. The van der Waals surface area contributed by atoms with Crippen molar-refractivity contribution in [1.29, 1.82) is 0 Å². The summed E-state index contributed by atoms with van der Waals surface area (Å²) in [6.07, 6.45) is 0. The van der Waals surface area contributed by atoms with Gasteiger partial charge in [0.25, 0.3) is 5.91 Å². The Kier molecular flexibility index (Phi) is 5.12. The number of carbonyl (C=O) groups is 1. The highest BCUT2D eigenvalue weighted by atomic mass is 16.5. The second-order valence-electron chi connectivity index (χ2n) is 6.84. The number of fused-ring (bicyclic) bond motifs is 1. The van der Waals surface area contributed by atoms with Gasteiger partial charge in [0.2, 0.25) is 5.75 Å². The van der Waals surface area contributed by atoms with Crippen LogP contribution in [0.1, 0.15) is 33.1 Å². The summed E-state index contributed by atoms with van der Waals surface area (Å²) in [6, 6.07) is 21.4. The number of hydrogen-bond acceptors (Lipinski definition) is 4. The summed E-state index contributed by atoms with van der Waals surface area (Å²) in [5.41, 5.74) is 3.45. The molecule has 1 aliphatic rings. The topological polar surface area (TPSA) is 48.0 Å². The molecule has 0 spiro atoms. The van der Waals surface area contributed by atoms with E-state index in [1.165, 1.54) is 0 Å². The van der Waals surface area contributed by atoms with Crippen LogP contribution in [-0.2, 0) is 6.54 Å². The molecule has 1 amide bonds. The Bertz CT molecular complexity index is 1020. The summed E-state index contributed by atoms with van der Waals surface area (Å²) in [5.74, 6) is 1.44. The first-order chi connectivity index (χ1) is 14.2. The van der Waals surface area contributed by atoms with Crippen molar-refractivity contribution in [1.82, 2.24) is 4.90 Å². The monoisotopic (exact) mass is 389 g/mol. The predicted octanol–water partition coefficient (Wildman–Crippen LogP) is 4.46. The minimum absolute atomic E-state index is 0.0584. The highest BCUT2D eigenvalue weighted by molar-refractivity contribution is 6.02. The number of nitrogens with zero attached hydrogens (tertiary/aromatic N) is 1. The van der Waals surface area contributed by atoms with Crippen LogP contribution in [0, 0.1) is 0 Å². The maximum absolute atomic E-state index is 13.5. The Morgan fingerprint density at radius 3 is 2.03 bits per heavy atom. The molecule has 0 bridgehead atoms. The van der Waals surface area contributed by atoms with Gasteiger partial charge in [0.1, 0.15) is 0 Å². The number of carbonyl (C=O) groups excluding carboxylic acids is 1. The lowest BCUT2D eigenvalue weighted by atomic mass is 9.96. The maximum atomic E-state index is 13.5. The Labute approximate surface area is 170 Å². The molecule has 148 valence electrons. The normalized spacial score (nSPS) is 15.2. The number of hydrogen-bond donors (Lipinski definition) is 0. The molecule has 3 aromatic carbocycles. The van der Waals surface area contributed by atoms with E-state index in [0.29, 0.717) is 29.4 Å². The third-order valence-corrected chi connectivity index (χ3v) is 5.26. The first-order valence-corrected chi connectivity index (χ1v) is 9.42. The molecule has 1 unspecified atom stereocenters. The van der Waals surface area contributed by atoms with Crippen molar-refractivity contribution in [2.45, 2.75) is 12.6 Å². The number of benzene rings is 3. The van der Waals surface area contributed by atoms with Gasteiger partial charge in [-0.1, -0.05) is 60.7 Å². The van der Waals surface area contributed by atoms with E-state index in [4.69, 9.17) is 14.2 Å². The number of methoxy groups -OCH3 is 3. The average Bonchev–Trinajstić information content (AvgIpc) is 3.05. The van der Waals surface area contributed by atoms with E-state index in [2.05, 4.69) is 0 Å². The molecule has 0 aromatic heterocycles. The van der Waals surface area contributed by atoms with Crippen molar-refractivity contribution < 1.29 is 19.0 Å². The molecular weight excluding hydrogens is 366 g/mol. The van der Waals surface area contributed by atoms with Gasteiger partial charge in [0.05, 0.1) is 32.9 Å². The summed E-state index contributed by atoms with van der Waals surface area (Å²) in [4.78, 5) is 15.4. The Morgan fingerprint density at radius 1 is 0.828 bits per heavy atom. The molecule has 0 fully saturated rings. The molecule has 5 heteroatoms. The van der Waals surface area contributed by atoms with E-state index < -0.39 is 0 Å². The van der Waals surface area contributed by atoms with E-state index in [1.54, 1.807) is 27.4 Å². The largest absolute Gasteiger partial charge is 0.493 e. The van der Waals surface area contributed by atoms with Crippen LogP contribution >= 0.6 is 0 Å². The van der Waals surface area contributed by atoms with Crippen LogP contribution in [0.15, 0.2) is 66.7 Å². The molecule has 29 heavy (non-hydrogen) atoms. The smallest absolute Gasteiger partial charge is 0.255 e. The van der Waals surface area contributed by atoms with Crippen LogP contribution in [0.2, 0.25) is 0 Å². The number of rotatable bonds is 6. The zero-order valence-corrected chi connectivity index (χ0v) is 16.7. The molecule has 1 atom stereocenters. The molecule has 0 saturated carbocycles. The average molecular weight is 389 g/mol. The van der Waals surface area contributed by atoms with E-state index in [-0.39, 0.29) is 11.9 Å². The third kappa shape index (κ3) is 3.18. The fraction of sp³-hybridized carbons (Fsp3) is 0.208. The van der Waals surface area contributed by atoms with Gasteiger partial charge in [-0.05, 0) is 17.2 Å². The van der Waals surface area contributed by atoms with Crippen LogP contribution in [0.4, 0.5) is 0 Å². The fourth-order valence-corrected chi connectivity index (χ4v) is 3.98. The standard InChI is InChI=1S/C24H23NO4/c1-27-19-14-18-20(23(29-3)22(19)28-2)21(17-12-8-5-9-13-17)25(24(18)26)15-16-10-6-4-7-11-16/h4-14,21H,15H2,1-3H3. The minimum atomic E-state index is -0.284. The van der Waals surface area contributed by atoms with E-state index in [1.807, 2.05) is 65.6 Å². The summed E-state index contributed by atoms with van der Waals surface area (Å²) < 4.78 is 16.8. The van der Waals surface area contributed by atoms with Gasteiger partial charge in [0, 0.05) is 12.1 Å². The van der Waals surface area contributed by atoms with Crippen molar-refractivity contribution in [2.24, 2.45) is 0 Å². The zero-order chi connectivity index (χ0) is 20.4. The van der Waals surface area contributed by atoms with Crippen molar-refractivity contribution >= 4 is 5.91 Å². The SMILES string of the molecule is COc1cc2c(c(OC)c1OC)C(c1ccccc1)N(Cc1ccccc1)C2=O. The lowest BCUT2D eigenvalue weighted by Gasteiger charge is -2.27. The molecule has 0 aliphatic carbocycles. The summed E-state index contributed by atoms with van der Waals surface area (Å²) in [5, 5.41) is 0. The van der Waals surface area contributed by atoms with Crippen LogP contribution in [-0.4, -0.2) is 32.1 Å². The van der Waals surface area contributed by atoms with Gasteiger partial charge in [-0.25, -0.2) is 0 Å². The van der Waals surface area contributed by atoms with Crippen LogP contribution < -0.4 is 14.2 Å². The lowest BCUT2D eigenvalue weighted by Crippen LogP contribution is -2.28. The van der Waals surface area contributed by atoms with E-state index in [9.17, 15) is 4.79 Å². The molecule has 1 heterocycles. The molecular formula is C24H23NO4. The van der Waals surface area contributed by atoms with Crippen LogP contribution in [0.5, 0.6) is 17.2 Å². The first-order valence-electron chi connectivity index (χ1n) is 9.42.